The molecule has 80 valence electrons. The van der Waals surface area contributed by atoms with E-state index in [2.05, 4.69) is 4.84 Å². The first-order valence-corrected chi connectivity index (χ1v) is 4.28. The van der Waals surface area contributed by atoms with Crippen molar-refractivity contribution in [3.8, 4) is 0 Å². The van der Waals surface area contributed by atoms with Gasteiger partial charge in [0.2, 0.25) is 0 Å². The van der Waals surface area contributed by atoms with Crippen LogP contribution in [0.3, 0.4) is 0 Å². The van der Waals surface area contributed by atoms with Crippen molar-refractivity contribution in [2.75, 3.05) is 13.7 Å². The van der Waals surface area contributed by atoms with Crippen LogP contribution in [0.4, 0.5) is 0 Å². The Labute approximate surface area is 86.8 Å². The van der Waals surface area contributed by atoms with E-state index in [1.165, 1.54) is 7.11 Å². The topological polar surface area (TPSA) is 66.8 Å². The largest absolute Gasteiger partial charge is 0.480 e. The molecule has 0 saturated heterocycles. The standard InChI is InChI=1S/C10H11NO4/c1-15-11(7-9(12)13)10(14)8-5-3-2-4-6-8/h2-6H,7H2,1H3,(H,12,13). The summed E-state index contributed by atoms with van der Waals surface area (Å²) in [5, 5.41) is 9.33. The quantitative estimate of drug-likeness (QED) is 0.744. The highest BCUT2D eigenvalue weighted by Crippen LogP contribution is 2.04. The van der Waals surface area contributed by atoms with E-state index in [0.717, 1.165) is 5.06 Å². The lowest BCUT2D eigenvalue weighted by Crippen LogP contribution is -2.34. The molecule has 1 aromatic carbocycles. The molecule has 0 fully saturated rings. The summed E-state index contributed by atoms with van der Waals surface area (Å²) in [4.78, 5) is 26.8. The van der Waals surface area contributed by atoms with Gasteiger partial charge in [-0.05, 0) is 12.1 Å². The van der Waals surface area contributed by atoms with Gasteiger partial charge in [0.1, 0.15) is 6.54 Å². The Bertz CT molecular complexity index is 350. The number of rotatable bonds is 4. The highest BCUT2D eigenvalue weighted by atomic mass is 16.7. The van der Waals surface area contributed by atoms with Crippen molar-refractivity contribution in [1.82, 2.24) is 5.06 Å². The summed E-state index contributed by atoms with van der Waals surface area (Å²) in [7, 11) is 1.25. The molecule has 0 heterocycles. The average Bonchev–Trinajstić information content (AvgIpc) is 2.26. The average molecular weight is 209 g/mol. The van der Waals surface area contributed by atoms with Crippen LogP contribution in [-0.4, -0.2) is 35.7 Å². The van der Waals surface area contributed by atoms with Gasteiger partial charge in [-0.3, -0.25) is 14.4 Å². The summed E-state index contributed by atoms with van der Waals surface area (Å²) in [6, 6.07) is 8.35. The number of aliphatic carboxylic acids is 1. The summed E-state index contributed by atoms with van der Waals surface area (Å²) in [6.07, 6.45) is 0. The molecule has 1 amide bonds. The zero-order chi connectivity index (χ0) is 11.3. The highest BCUT2D eigenvalue weighted by Gasteiger charge is 2.17. The normalized spacial score (nSPS) is 9.67. The summed E-state index contributed by atoms with van der Waals surface area (Å²) in [5.74, 6) is -1.60. The van der Waals surface area contributed by atoms with E-state index in [4.69, 9.17) is 5.11 Å². The van der Waals surface area contributed by atoms with Crippen LogP contribution in [0, 0.1) is 0 Å². The first kappa shape index (κ1) is 11.2. The maximum absolute atomic E-state index is 11.6. The fraction of sp³-hybridized carbons (Fsp3) is 0.200. The molecule has 0 aromatic heterocycles. The van der Waals surface area contributed by atoms with Crippen LogP contribution in [0.15, 0.2) is 30.3 Å². The first-order chi connectivity index (χ1) is 7.15. The SMILES string of the molecule is CON(CC(=O)O)C(=O)c1ccccc1. The molecule has 0 aliphatic carbocycles. The van der Waals surface area contributed by atoms with E-state index in [-0.39, 0.29) is 0 Å². The molecule has 15 heavy (non-hydrogen) atoms. The number of carboxylic acid groups (broad SMARTS) is 1. The maximum atomic E-state index is 11.6. The van der Waals surface area contributed by atoms with E-state index < -0.39 is 18.4 Å². The van der Waals surface area contributed by atoms with Crippen LogP contribution in [0.2, 0.25) is 0 Å². The minimum absolute atomic E-state index is 0.389. The van der Waals surface area contributed by atoms with E-state index in [9.17, 15) is 9.59 Å². The van der Waals surface area contributed by atoms with Crippen LogP contribution < -0.4 is 0 Å². The molecule has 0 atom stereocenters. The van der Waals surface area contributed by atoms with Crippen molar-refractivity contribution in [1.29, 1.82) is 0 Å². The lowest BCUT2D eigenvalue weighted by molar-refractivity contribution is -0.151. The second-order valence-electron chi connectivity index (χ2n) is 2.78. The molecular weight excluding hydrogens is 198 g/mol. The van der Waals surface area contributed by atoms with Crippen molar-refractivity contribution >= 4 is 11.9 Å². The smallest absolute Gasteiger partial charge is 0.325 e. The third-order valence-corrected chi connectivity index (χ3v) is 1.75. The van der Waals surface area contributed by atoms with Crippen LogP contribution >= 0.6 is 0 Å². The number of amides is 1. The van der Waals surface area contributed by atoms with Gasteiger partial charge in [0.15, 0.2) is 0 Å². The molecule has 0 spiro atoms. The van der Waals surface area contributed by atoms with Gasteiger partial charge in [-0.2, -0.15) is 0 Å². The van der Waals surface area contributed by atoms with Crippen molar-refractivity contribution in [3.63, 3.8) is 0 Å². The first-order valence-electron chi connectivity index (χ1n) is 4.28. The Morgan fingerprint density at radius 2 is 1.93 bits per heavy atom. The van der Waals surface area contributed by atoms with Gasteiger partial charge in [0, 0.05) is 5.56 Å². The monoisotopic (exact) mass is 209 g/mol. The number of hydrogen-bond donors (Lipinski definition) is 1. The molecule has 1 N–H and O–H groups in total. The molecule has 0 saturated carbocycles. The maximum Gasteiger partial charge on any atom is 0.325 e. The van der Waals surface area contributed by atoms with Crippen LogP contribution in [0.1, 0.15) is 10.4 Å². The Hall–Kier alpha value is -1.88. The van der Waals surface area contributed by atoms with Crippen molar-refractivity contribution in [2.45, 2.75) is 0 Å². The lowest BCUT2D eigenvalue weighted by Gasteiger charge is -2.17. The van der Waals surface area contributed by atoms with Gasteiger partial charge < -0.3 is 5.11 Å². The van der Waals surface area contributed by atoms with Crippen molar-refractivity contribution < 1.29 is 19.5 Å². The van der Waals surface area contributed by atoms with E-state index in [1.54, 1.807) is 30.3 Å². The van der Waals surface area contributed by atoms with Crippen molar-refractivity contribution in [2.24, 2.45) is 0 Å². The number of hydroxylamine groups is 2. The Balaban J connectivity index is 2.78. The summed E-state index contributed by atoms with van der Waals surface area (Å²) >= 11 is 0. The van der Waals surface area contributed by atoms with E-state index in [1.807, 2.05) is 0 Å². The third-order valence-electron chi connectivity index (χ3n) is 1.75. The molecule has 0 aliphatic rings. The second-order valence-corrected chi connectivity index (χ2v) is 2.78. The Morgan fingerprint density at radius 3 is 2.40 bits per heavy atom. The van der Waals surface area contributed by atoms with Gasteiger partial charge in [-0.1, -0.05) is 18.2 Å². The zero-order valence-corrected chi connectivity index (χ0v) is 8.21. The number of carboxylic acids is 1. The predicted molar refractivity (Wildman–Crippen MR) is 52.1 cm³/mol. The van der Waals surface area contributed by atoms with Gasteiger partial charge in [-0.25, -0.2) is 5.06 Å². The van der Waals surface area contributed by atoms with Gasteiger partial charge in [-0.15, -0.1) is 0 Å². The van der Waals surface area contributed by atoms with E-state index >= 15 is 0 Å². The van der Waals surface area contributed by atoms with Crippen LogP contribution in [0.5, 0.6) is 0 Å². The molecule has 0 unspecified atom stereocenters. The number of nitrogens with zero attached hydrogens (tertiary/aromatic N) is 1. The molecule has 0 radical (unpaired) electrons. The van der Waals surface area contributed by atoms with E-state index in [0.29, 0.717) is 5.56 Å². The lowest BCUT2D eigenvalue weighted by atomic mass is 10.2. The fourth-order valence-electron chi connectivity index (χ4n) is 1.07. The molecule has 5 heteroatoms. The fourth-order valence-corrected chi connectivity index (χ4v) is 1.07. The van der Waals surface area contributed by atoms with Crippen molar-refractivity contribution in [3.05, 3.63) is 35.9 Å². The minimum atomic E-state index is -1.12. The number of hydrogen-bond acceptors (Lipinski definition) is 3. The third kappa shape index (κ3) is 3.07. The molecule has 0 aliphatic heterocycles. The molecular formula is C10H11NO4. The molecule has 5 nitrogen and oxygen atoms in total. The summed E-state index contributed by atoms with van der Waals surface area (Å²) in [5.41, 5.74) is 0.389. The van der Waals surface area contributed by atoms with Crippen LogP contribution in [-0.2, 0) is 9.63 Å². The number of benzene rings is 1. The number of carbonyl (C=O) groups excluding carboxylic acids is 1. The Morgan fingerprint density at radius 1 is 1.33 bits per heavy atom. The second kappa shape index (κ2) is 5.11. The van der Waals surface area contributed by atoms with Crippen LogP contribution in [0.25, 0.3) is 0 Å². The zero-order valence-electron chi connectivity index (χ0n) is 8.21. The molecule has 1 aromatic rings. The van der Waals surface area contributed by atoms with Gasteiger partial charge in [0.05, 0.1) is 7.11 Å². The summed E-state index contributed by atoms with van der Waals surface area (Å²) in [6.45, 7) is -0.482. The molecule has 1 rings (SSSR count). The number of carbonyl (C=O) groups is 2. The molecule has 0 bridgehead atoms. The predicted octanol–water partition coefficient (Wildman–Crippen LogP) is 0.775. The van der Waals surface area contributed by atoms with Gasteiger partial charge in [0.25, 0.3) is 5.91 Å². The summed E-state index contributed by atoms with van der Waals surface area (Å²) < 4.78 is 0. The minimum Gasteiger partial charge on any atom is -0.480 e. The van der Waals surface area contributed by atoms with Gasteiger partial charge >= 0.3 is 5.97 Å². The highest BCUT2D eigenvalue weighted by molar-refractivity contribution is 5.94. The Kier molecular flexibility index (Phi) is 3.82.